The van der Waals surface area contributed by atoms with Crippen LogP contribution in [0.15, 0.2) is 72.9 Å². The molecule has 0 fully saturated rings. The maximum atomic E-state index is 12.5. The predicted octanol–water partition coefficient (Wildman–Crippen LogP) is 10.3. The summed E-state index contributed by atoms with van der Waals surface area (Å²) in [6.45, 7) is 3.48. The van der Waals surface area contributed by atoms with Crippen molar-refractivity contribution in [3.63, 3.8) is 0 Å². The van der Waals surface area contributed by atoms with Gasteiger partial charge >= 0.3 is 19.8 Å². The maximum Gasteiger partial charge on any atom is 0.472 e. The molecule has 0 saturated heterocycles. The van der Waals surface area contributed by atoms with E-state index in [4.69, 9.17) is 24.3 Å². The number of hydrogen-bond donors (Lipinski definition) is 2. The van der Waals surface area contributed by atoms with E-state index in [1.54, 1.807) is 0 Å². The Hall–Kier alpha value is -2.55. The third kappa shape index (κ3) is 35.3. The molecule has 0 aliphatic carbocycles. The van der Waals surface area contributed by atoms with Crippen LogP contribution in [0.4, 0.5) is 0 Å². The molecule has 9 nitrogen and oxygen atoms in total. The topological polar surface area (TPSA) is 134 Å². The quantitative estimate of drug-likeness (QED) is 0.0288. The first-order valence-electron chi connectivity index (χ1n) is 18.9. The van der Waals surface area contributed by atoms with Crippen LogP contribution in [0.5, 0.6) is 0 Å². The molecule has 1 unspecified atom stereocenters. The fourth-order valence-corrected chi connectivity index (χ4v) is 5.31. The van der Waals surface area contributed by atoms with Gasteiger partial charge in [-0.05, 0) is 77.0 Å². The van der Waals surface area contributed by atoms with Gasteiger partial charge in [-0.25, -0.2) is 4.57 Å². The molecule has 3 N–H and O–H groups in total. The molecule has 0 radical (unpaired) electrons. The van der Waals surface area contributed by atoms with E-state index in [0.717, 1.165) is 77.0 Å². The van der Waals surface area contributed by atoms with Gasteiger partial charge in [-0.3, -0.25) is 18.6 Å². The Morgan fingerprint density at radius 2 is 1.12 bits per heavy atom. The van der Waals surface area contributed by atoms with Gasteiger partial charge in [0.25, 0.3) is 0 Å². The van der Waals surface area contributed by atoms with Crippen molar-refractivity contribution in [3.05, 3.63) is 72.9 Å². The highest BCUT2D eigenvalue weighted by Gasteiger charge is 2.25. The van der Waals surface area contributed by atoms with Crippen LogP contribution in [-0.2, 0) is 32.7 Å². The Morgan fingerprint density at radius 3 is 1.72 bits per heavy atom. The van der Waals surface area contributed by atoms with Gasteiger partial charge in [0.05, 0.1) is 13.2 Å². The molecule has 0 amide bonds. The molecule has 0 aromatic heterocycles. The first-order valence-corrected chi connectivity index (χ1v) is 20.4. The monoisotopic (exact) mass is 721 g/mol. The lowest BCUT2D eigenvalue weighted by molar-refractivity contribution is -0.161. The van der Waals surface area contributed by atoms with Gasteiger partial charge < -0.3 is 20.1 Å². The van der Waals surface area contributed by atoms with Crippen LogP contribution in [0.1, 0.15) is 136 Å². The molecule has 50 heavy (non-hydrogen) atoms. The molecule has 0 aromatic carbocycles. The van der Waals surface area contributed by atoms with E-state index >= 15 is 0 Å². The lowest BCUT2D eigenvalue weighted by atomic mass is 10.1. The zero-order valence-electron chi connectivity index (χ0n) is 31.1. The Morgan fingerprint density at radius 1 is 0.620 bits per heavy atom. The number of phosphoric acid groups is 1. The molecule has 0 spiro atoms. The second-order valence-electron chi connectivity index (χ2n) is 12.1. The maximum absolute atomic E-state index is 12.5. The van der Waals surface area contributed by atoms with Gasteiger partial charge in [-0.1, -0.05) is 119 Å². The van der Waals surface area contributed by atoms with Gasteiger partial charge in [0, 0.05) is 19.4 Å². The zero-order chi connectivity index (χ0) is 36.8. The largest absolute Gasteiger partial charge is 0.472 e. The highest BCUT2D eigenvalue weighted by Crippen LogP contribution is 2.43. The Balaban J connectivity index is 4.35. The van der Waals surface area contributed by atoms with Crippen LogP contribution >= 0.6 is 7.82 Å². The smallest absolute Gasteiger partial charge is 0.462 e. The summed E-state index contributed by atoms with van der Waals surface area (Å²) >= 11 is 0. The van der Waals surface area contributed by atoms with Crippen molar-refractivity contribution >= 4 is 19.8 Å². The number of carbonyl (C=O) groups excluding carboxylic acids is 2. The minimum absolute atomic E-state index is 0.0410. The van der Waals surface area contributed by atoms with Crippen LogP contribution in [0.3, 0.4) is 0 Å². The summed E-state index contributed by atoms with van der Waals surface area (Å²) < 4.78 is 32.6. The van der Waals surface area contributed by atoms with E-state index in [9.17, 15) is 19.0 Å². The number of ether oxygens (including phenoxy) is 2. The van der Waals surface area contributed by atoms with Crippen molar-refractivity contribution in [2.24, 2.45) is 5.73 Å². The molecule has 286 valence electrons. The minimum atomic E-state index is -4.39. The van der Waals surface area contributed by atoms with Crippen LogP contribution in [0, 0.1) is 0 Å². The fourth-order valence-electron chi connectivity index (χ4n) is 4.54. The summed E-state index contributed by atoms with van der Waals surface area (Å²) in [5, 5.41) is 0. The number of unbranched alkanes of at least 4 members (excludes halogenated alkanes) is 9. The van der Waals surface area contributed by atoms with Crippen molar-refractivity contribution in [2.45, 2.75) is 142 Å². The van der Waals surface area contributed by atoms with Crippen LogP contribution < -0.4 is 5.73 Å². The van der Waals surface area contributed by atoms with Crippen molar-refractivity contribution in [1.82, 2.24) is 0 Å². The summed E-state index contributed by atoms with van der Waals surface area (Å²) in [4.78, 5) is 34.7. The third-order valence-electron chi connectivity index (χ3n) is 7.33. The SMILES string of the molecule is CC/C=C/C/C=C/C/C=C/C/C=C/C/C=C/CCCC(=O)OC[C@@H](COP(=O)(O)OCCN)OC(=O)CCCCCCC/C=C/CCCCC. The second-order valence-corrected chi connectivity index (χ2v) is 13.5. The van der Waals surface area contributed by atoms with Crippen LogP contribution in [-0.4, -0.2) is 49.3 Å². The van der Waals surface area contributed by atoms with E-state index in [1.807, 2.05) is 6.08 Å². The van der Waals surface area contributed by atoms with Crippen molar-refractivity contribution in [2.75, 3.05) is 26.4 Å². The summed E-state index contributed by atoms with van der Waals surface area (Å²) in [5.74, 6) is -0.917. The third-order valence-corrected chi connectivity index (χ3v) is 8.31. The van der Waals surface area contributed by atoms with Crippen LogP contribution in [0.25, 0.3) is 0 Å². The zero-order valence-corrected chi connectivity index (χ0v) is 32.0. The molecule has 0 saturated carbocycles. The molecule has 0 aromatic rings. The van der Waals surface area contributed by atoms with Crippen molar-refractivity contribution < 1.29 is 37.6 Å². The lowest BCUT2D eigenvalue weighted by Crippen LogP contribution is -2.29. The number of phosphoric ester groups is 1. The van der Waals surface area contributed by atoms with E-state index in [-0.39, 0.29) is 32.6 Å². The Bertz CT molecular complexity index is 1050. The molecule has 0 rings (SSSR count). The van der Waals surface area contributed by atoms with E-state index in [1.165, 1.54) is 19.3 Å². The number of nitrogens with two attached hydrogens (primary N) is 1. The first-order chi connectivity index (χ1) is 24.3. The van der Waals surface area contributed by atoms with Crippen LogP contribution in [0.2, 0.25) is 0 Å². The first kappa shape index (κ1) is 47.4. The molecule has 0 bridgehead atoms. The molecular formula is C40H68NO8P. The average molecular weight is 722 g/mol. The molecule has 10 heteroatoms. The normalized spacial score (nSPS) is 14.2. The standard InChI is InChI=1S/C40H68NO8P/c1-3-5-7-9-11-13-15-17-18-19-20-21-23-24-26-28-30-32-39(42)46-36-38(37-48-50(44,45)47-35-34-41)49-40(43)33-31-29-27-25-22-16-14-12-10-8-6-4-2/h5,7,11-14,17-18,20-21,24,26,38H,3-4,6,8-10,15-16,19,22-23,25,27-37,41H2,1-2H3,(H,44,45)/b7-5+,13-11+,14-12+,18-17+,21-20+,26-24+/t38-/m0/s1. The number of esters is 2. The summed E-state index contributed by atoms with van der Waals surface area (Å²) in [6.07, 6.45) is 42.3. The number of carbonyl (C=O) groups is 2. The number of rotatable bonds is 34. The minimum Gasteiger partial charge on any atom is -0.462 e. The summed E-state index contributed by atoms with van der Waals surface area (Å²) in [7, 11) is -4.39. The van der Waals surface area contributed by atoms with Crippen molar-refractivity contribution in [3.8, 4) is 0 Å². The Kier molecular flexibility index (Phi) is 34.4. The molecular weight excluding hydrogens is 653 g/mol. The van der Waals surface area contributed by atoms with E-state index in [0.29, 0.717) is 12.8 Å². The molecule has 0 aliphatic rings. The fraction of sp³-hybridized carbons (Fsp3) is 0.650. The van der Waals surface area contributed by atoms with Gasteiger partial charge in [0.15, 0.2) is 6.10 Å². The van der Waals surface area contributed by atoms with E-state index in [2.05, 4.69) is 80.7 Å². The summed E-state index contributed by atoms with van der Waals surface area (Å²) in [5.41, 5.74) is 5.32. The summed E-state index contributed by atoms with van der Waals surface area (Å²) in [6, 6.07) is 0. The Labute approximate surface area is 303 Å². The van der Waals surface area contributed by atoms with Gasteiger partial charge in [0.1, 0.15) is 6.61 Å². The van der Waals surface area contributed by atoms with Gasteiger partial charge in [0.2, 0.25) is 0 Å². The van der Waals surface area contributed by atoms with Crippen molar-refractivity contribution in [1.29, 1.82) is 0 Å². The predicted molar refractivity (Wildman–Crippen MR) is 206 cm³/mol. The number of allylic oxidation sites excluding steroid dienone is 12. The molecule has 0 heterocycles. The number of hydrogen-bond acceptors (Lipinski definition) is 8. The van der Waals surface area contributed by atoms with E-state index < -0.39 is 32.5 Å². The second kappa shape index (κ2) is 36.2. The molecule has 0 aliphatic heterocycles. The highest BCUT2D eigenvalue weighted by atomic mass is 31.2. The highest BCUT2D eigenvalue weighted by molar-refractivity contribution is 7.47. The van der Waals surface area contributed by atoms with Gasteiger partial charge in [-0.2, -0.15) is 0 Å². The lowest BCUT2D eigenvalue weighted by Gasteiger charge is -2.19. The van der Waals surface area contributed by atoms with Gasteiger partial charge in [-0.15, -0.1) is 0 Å². The average Bonchev–Trinajstić information content (AvgIpc) is 3.10. The molecule has 2 atom stereocenters.